The van der Waals surface area contributed by atoms with Gasteiger partial charge in [0.1, 0.15) is 0 Å². The minimum absolute atomic E-state index is 0.00575. The molecule has 0 bridgehead atoms. The summed E-state index contributed by atoms with van der Waals surface area (Å²) in [6.45, 7) is 0. The van der Waals surface area contributed by atoms with Crippen LogP contribution >= 0.6 is 15.9 Å². The molecule has 5 nitrogen and oxygen atoms in total. The van der Waals surface area contributed by atoms with E-state index in [4.69, 9.17) is 10.8 Å². The predicted octanol–water partition coefficient (Wildman–Crippen LogP) is 2.72. The molecule has 0 amide bonds. The number of Topliss-reactive ketones (excluding diaryl/α,β-unsaturated/α-hetero) is 2. The van der Waals surface area contributed by atoms with Gasteiger partial charge in [0.25, 0.3) is 5.78 Å². The first kappa shape index (κ1) is 15.9. The molecule has 0 radical (unpaired) electrons. The molecule has 0 saturated carbocycles. The Morgan fingerprint density at radius 3 is 2.27 bits per heavy atom. The van der Waals surface area contributed by atoms with Crippen molar-refractivity contribution in [1.82, 2.24) is 0 Å². The average Bonchev–Trinajstić information content (AvgIpc) is 2.49. The fourth-order valence-electron chi connectivity index (χ4n) is 1.99. The van der Waals surface area contributed by atoms with Crippen LogP contribution in [0.2, 0.25) is 0 Å². The first-order valence-electron chi connectivity index (χ1n) is 6.34. The number of halogens is 1. The number of nitrogens with two attached hydrogens (primary N) is 1. The summed E-state index contributed by atoms with van der Waals surface area (Å²) >= 11 is 3.29. The lowest BCUT2D eigenvalue weighted by Gasteiger charge is -2.08. The van der Waals surface area contributed by atoms with E-state index in [9.17, 15) is 14.4 Å². The van der Waals surface area contributed by atoms with E-state index in [-0.39, 0.29) is 23.5 Å². The molecule has 0 heterocycles. The molecular weight excluding hydrogens is 350 g/mol. The normalized spacial score (nSPS) is 10.2. The fraction of sp³-hybridized carbons (Fsp3) is 0.0625. The van der Waals surface area contributed by atoms with Crippen LogP contribution in [-0.4, -0.2) is 22.6 Å². The smallest absolute Gasteiger partial charge is 0.377 e. The van der Waals surface area contributed by atoms with Crippen LogP contribution in [0.1, 0.15) is 26.3 Å². The zero-order valence-electron chi connectivity index (χ0n) is 11.4. The summed E-state index contributed by atoms with van der Waals surface area (Å²) in [4.78, 5) is 34.5. The van der Waals surface area contributed by atoms with Crippen molar-refractivity contribution in [3.8, 4) is 0 Å². The van der Waals surface area contributed by atoms with Gasteiger partial charge in [0.05, 0.1) is 5.56 Å². The molecule has 0 atom stereocenters. The van der Waals surface area contributed by atoms with Crippen molar-refractivity contribution in [2.24, 2.45) is 0 Å². The van der Waals surface area contributed by atoms with E-state index in [2.05, 4.69) is 15.9 Å². The summed E-state index contributed by atoms with van der Waals surface area (Å²) < 4.78 is 0.859. The number of carboxylic acids is 1. The predicted molar refractivity (Wildman–Crippen MR) is 85.0 cm³/mol. The van der Waals surface area contributed by atoms with E-state index in [1.165, 1.54) is 12.1 Å². The van der Waals surface area contributed by atoms with E-state index >= 15 is 0 Å². The Kier molecular flexibility index (Phi) is 4.72. The van der Waals surface area contributed by atoms with Crippen LogP contribution in [0.25, 0.3) is 0 Å². The monoisotopic (exact) mass is 361 g/mol. The second-order valence-electron chi connectivity index (χ2n) is 4.62. The molecule has 2 aromatic rings. The highest BCUT2D eigenvalue weighted by atomic mass is 79.9. The molecule has 22 heavy (non-hydrogen) atoms. The summed E-state index contributed by atoms with van der Waals surface area (Å²) in [5.74, 6) is -2.84. The first-order chi connectivity index (χ1) is 10.4. The van der Waals surface area contributed by atoms with Crippen molar-refractivity contribution < 1.29 is 19.5 Å². The molecule has 3 N–H and O–H groups in total. The van der Waals surface area contributed by atoms with E-state index in [0.717, 1.165) is 4.47 Å². The Bertz CT molecular complexity index is 753. The number of benzene rings is 2. The Hall–Kier alpha value is -2.47. The third-order valence-corrected chi connectivity index (χ3v) is 3.68. The first-order valence-corrected chi connectivity index (χ1v) is 7.13. The zero-order valence-corrected chi connectivity index (χ0v) is 13.0. The summed E-state index contributed by atoms with van der Waals surface area (Å²) in [6, 6.07) is 11.3. The van der Waals surface area contributed by atoms with Crippen LogP contribution in [0.3, 0.4) is 0 Å². The lowest BCUT2D eigenvalue weighted by Crippen LogP contribution is -2.16. The van der Waals surface area contributed by atoms with Gasteiger partial charge in [0.15, 0.2) is 5.78 Å². The molecule has 0 saturated heterocycles. The minimum atomic E-state index is -1.58. The number of nitrogen functional groups attached to an aromatic ring is 1. The maximum absolute atomic E-state index is 12.2. The Labute approximate surface area is 134 Å². The van der Waals surface area contributed by atoms with Crippen molar-refractivity contribution in [1.29, 1.82) is 0 Å². The van der Waals surface area contributed by atoms with Gasteiger partial charge in [-0.25, -0.2) is 4.79 Å². The molecule has 0 spiro atoms. The van der Waals surface area contributed by atoms with Crippen LogP contribution in [0, 0.1) is 0 Å². The van der Waals surface area contributed by atoms with Gasteiger partial charge in [0.2, 0.25) is 0 Å². The molecule has 6 heteroatoms. The lowest BCUT2D eigenvalue weighted by atomic mass is 9.98. The summed E-state index contributed by atoms with van der Waals surface area (Å²) in [7, 11) is 0. The zero-order chi connectivity index (χ0) is 16.3. The highest BCUT2D eigenvalue weighted by Gasteiger charge is 2.20. The molecule has 0 aliphatic heterocycles. The minimum Gasteiger partial charge on any atom is -0.475 e. The van der Waals surface area contributed by atoms with Crippen LogP contribution in [0.15, 0.2) is 46.9 Å². The molecule has 0 aliphatic rings. The van der Waals surface area contributed by atoms with Crippen molar-refractivity contribution in [3.63, 3.8) is 0 Å². The van der Waals surface area contributed by atoms with Gasteiger partial charge in [-0.15, -0.1) is 0 Å². The van der Waals surface area contributed by atoms with Gasteiger partial charge >= 0.3 is 5.97 Å². The van der Waals surface area contributed by atoms with E-state index in [1.54, 1.807) is 30.3 Å². The van der Waals surface area contributed by atoms with Crippen molar-refractivity contribution in [3.05, 3.63) is 63.6 Å². The van der Waals surface area contributed by atoms with Gasteiger partial charge in [-0.1, -0.05) is 40.2 Å². The van der Waals surface area contributed by atoms with Crippen LogP contribution in [0.4, 0.5) is 5.69 Å². The lowest BCUT2D eigenvalue weighted by molar-refractivity contribution is -0.131. The second-order valence-corrected chi connectivity index (χ2v) is 5.54. The van der Waals surface area contributed by atoms with Crippen LogP contribution in [-0.2, 0) is 11.2 Å². The second kappa shape index (κ2) is 6.53. The number of hydrogen-bond acceptors (Lipinski definition) is 4. The number of anilines is 1. The number of ketones is 2. The highest BCUT2D eigenvalue weighted by molar-refractivity contribution is 9.10. The Balaban J connectivity index is 2.28. The van der Waals surface area contributed by atoms with Gasteiger partial charge < -0.3 is 10.8 Å². The molecule has 0 fully saturated rings. The van der Waals surface area contributed by atoms with Crippen molar-refractivity contribution in [2.45, 2.75) is 6.42 Å². The van der Waals surface area contributed by atoms with Gasteiger partial charge in [0, 0.05) is 22.1 Å². The molecule has 0 aromatic heterocycles. The maximum Gasteiger partial charge on any atom is 0.377 e. The van der Waals surface area contributed by atoms with E-state index in [0.29, 0.717) is 11.1 Å². The summed E-state index contributed by atoms with van der Waals surface area (Å²) in [5.41, 5.74) is 6.70. The third-order valence-electron chi connectivity index (χ3n) is 3.15. The molecular formula is C16H12BrNO4. The molecule has 112 valence electrons. The Morgan fingerprint density at radius 2 is 1.68 bits per heavy atom. The van der Waals surface area contributed by atoms with Crippen LogP contribution < -0.4 is 5.73 Å². The van der Waals surface area contributed by atoms with E-state index < -0.39 is 11.8 Å². The number of hydrogen-bond donors (Lipinski definition) is 2. The molecule has 2 rings (SSSR count). The summed E-state index contributed by atoms with van der Waals surface area (Å²) in [5, 5.41) is 8.76. The Morgan fingerprint density at radius 1 is 1.05 bits per heavy atom. The van der Waals surface area contributed by atoms with Gasteiger partial charge in [-0.2, -0.15) is 0 Å². The highest BCUT2D eigenvalue weighted by Crippen LogP contribution is 2.21. The topological polar surface area (TPSA) is 97.5 Å². The largest absolute Gasteiger partial charge is 0.475 e. The number of aliphatic carboxylic acids is 1. The third kappa shape index (κ3) is 3.40. The van der Waals surface area contributed by atoms with E-state index in [1.807, 2.05) is 0 Å². The fourth-order valence-corrected chi connectivity index (χ4v) is 2.26. The number of rotatable bonds is 5. The van der Waals surface area contributed by atoms with Crippen molar-refractivity contribution in [2.75, 3.05) is 5.73 Å². The van der Waals surface area contributed by atoms with Gasteiger partial charge in [-0.3, -0.25) is 9.59 Å². The SMILES string of the molecule is Nc1c(CC(=O)c2ccc(Br)cc2)cccc1C(=O)C(=O)O. The van der Waals surface area contributed by atoms with Crippen molar-refractivity contribution >= 4 is 39.2 Å². The summed E-state index contributed by atoms with van der Waals surface area (Å²) in [6.07, 6.45) is -0.00575. The number of carbonyl (C=O) groups is 3. The average molecular weight is 362 g/mol. The molecule has 0 unspecified atom stereocenters. The number of carboxylic acid groups (broad SMARTS) is 1. The van der Waals surface area contributed by atoms with Crippen LogP contribution in [0.5, 0.6) is 0 Å². The number of para-hydroxylation sites is 1. The molecule has 2 aromatic carbocycles. The number of carbonyl (C=O) groups excluding carboxylic acids is 2. The van der Waals surface area contributed by atoms with Gasteiger partial charge in [-0.05, 0) is 23.8 Å². The maximum atomic E-state index is 12.2. The molecule has 0 aliphatic carbocycles. The standard InChI is InChI=1S/C16H12BrNO4/c17-11-6-4-9(5-7-11)13(19)8-10-2-1-3-12(14(10)18)15(20)16(21)22/h1-7H,8,18H2,(H,21,22). The quantitative estimate of drug-likeness (QED) is 0.484.